The Morgan fingerprint density at radius 2 is 2.14 bits per heavy atom. The van der Waals surface area contributed by atoms with E-state index in [1.807, 2.05) is 11.5 Å². The van der Waals surface area contributed by atoms with Crippen molar-refractivity contribution in [3.8, 4) is 0 Å². The van der Waals surface area contributed by atoms with Crippen LogP contribution in [0.3, 0.4) is 0 Å². The molecule has 8 heteroatoms. The van der Waals surface area contributed by atoms with Gasteiger partial charge in [-0.2, -0.15) is 0 Å². The van der Waals surface area contributed by atoms with Gasteiger partial charge in [0.25, 0.3) is 0 Å². The SMILES string of the molecule is COC(=O)C(C)(C)CO[C@H](C)Cn1cnc2c(N)ncnc21. The van der Waals surface area contributed by atoms with E-state index in [9.17, 15) is 4.79 Å². The minimum Gasteiger partial charge on any atom is -0.469 e. The predicted molar refractivity (Wildman–Crippen MR) is 80.9 cm³/mol. The van der Waals surface area contributed by atoms with Gasteiger partial charge in [-0.05, 0) is 20.8 Å². The molecule has 0 aliphatic heterocycles. The van der Waals surface area contributed by atoms with Crippen LogP contribution >= 0.6 is 0 Å². The zero-order chi connectivity index (χ0) is 16.3. The number of hydrogen-bond acceptors (Lipinski definition) is 7. The van der Waals surface area contributed by atoms with Gasteiger partial charge in [0, 0.05) is 0 Å². The molecule has 2 rings (SSSR count). The molecule has 0 aromatic carbocycles. The smallest absolute Gasteiger partial charge is 0.313 e. The lowest BCUT2D eigenvalue weighted by Crippen LogP contribution is -2.33. The number of carbonyl (C=O) groups is 1. The molecule has 22 heavy (non-hydrogen) atoms. The molecule has 0 aliphatic rings. The van der Waals surface area contributed by atoms with Crippen LogP contribution in [0.4, 0.5) is 5.82 Å². The molecule has 0 saturated carbocycles. The number of anilines is 1. The molecule has 8 nitrogen and oxygen atoms in total. The highest BCUT2D eigenvalue weighted by Crippen LogP contribution is 2.19. The molecule has 0 amide bonds. The van der Waals surface area contributed by atoms with Crippen LogP contribution in [0.25, 0.3) is 11.2 Å². The lowest BCUT2D eigenvalue weighted by Gasteiger charge is -2.24. The van der Waals surface area contributed by atoms with Crippen molar-refractivity contribution in [3.05, 3.63) is 12.7 Å². The first-order valence-electron chi connectivity index (χ1n) is 6.96. The van der Waals surface area contributed by atoms with Gasteiger partial charge in [0.05, 0.1) is 38.1 Å². The molecular formula is C14H21N5O3. The van der Waals surface area contributed by atoms with Gasteiger partial charge in [0.2, 0.25) is 0 Å². The van der Waals surface area contributed by atoms with Crippen molar-refractivity contribution >= 4 is 23.0 Å². The Morgan fingerprint density at radius 3 is 2.82 bits per heavy atom. The summed E-state index contributed by atoms with van der Waals surface area (Å²) in [6.45, 7) is 6.30. The molecular weight excluding hydrogens is 286 g/mol. The fourth-order valence-electron chi connectivity index (χ4n) is 2.05. The zero-order valence-electron chi connectivity index (χ0n) is 13.2. The molecule has 120 valence electrons. The number of nitrogens with zero attached hydrogens (tertiary/aromatic N) is 4. The monoisotopic (exact) mass is 307 g/mol. The maximum absolute atomic E-state index is 11.6. The minimum atomic E-state index is -0.688. The average Bonchev–Trinajstić information content (AvgIpc) is 2.89. The normalized spacial score (nSPS) is 13.3. The van der Waals surface area contributed by atoms with Crippen molar-refractivity contribution < 1.29 is 14.3 Å². The number of esters is 1. The highest BCUT2D eigenvalue weighted by Gasteiger charge is 2.29. The number of nitrogens with two attached hydrogens (primary N) is 1. The number of carbonyl (C=O) groups excluding carboxylic acids is 1. The van der Waals surface area contributed by atoms with Crippen LogP contribution < -0.4 is 5.73 Å². The van der Waals surface area contributed by atoms with E-state index in [-0.39, 0.29) is 18.7 Å². The number of imidazole rings is 1. The molecule has 1 atom stereocenters. The summed E-state index contributed by atoms with van der Waals surface area (Å²) >= 11 is 0. The van der Waals surface area contributed by atoms with Crippen molar-refractivity contribution in [3.63, 3.8) is 0 Å². The largest absolute Gasteiger partial charge is 0.469 e. The minimum absolute atomic E-state index is 0.127. The van der Waals surface area contributed by atoms with E-state index in [0.29, 0.717) is 23.5 Å². The van der Waals surface area contributed by atoms with Crippen LogP contribution in [0.5, 0.6) is 0 Å². The van der Waals surface area contributed by atoms with Gasteiger partial charge in [-0.3, -0.25) is 4.79 Å². The van der Waals surface area contributed by atoms with E-state index in [1.54, 1.807) is 20.2 Å². The van der Waals surface area contributed by atoms with Gasteiger partial charge in [0.15, 0.2) is 11.5 Å². The summed E-state index contributed by atoms with van der Waals surface area (Å²) in [7, 11) is 1.37. The number of ether oxygens (including phenoxy) is 2. The van der Waals surface area contributed by atoms with E-state index in [4.69, 9.17) is 15.2 Å². The van der Waals surface area contributed by atoms with Crippen molar-refractivity contribution in [1.82, 2.24) is 19.5 Å². The molecule has 0 bridgehead atoms. The highest BCUT2D eigenvalue weighted by atomic mass is 16.5. The number of aromatic nitrogens is 4. The molecule has 2 heterocycles. The number of fused-ring (bicyclic) bond motifs is 1. The Hall–Kier alpha value is -2.22. The van der Waals surface area contributed by atoms with Crippen molar-refractivity contribution in [2.45, 2.75) is 33.4 Å². The summed E-state index contributed by atoms with van der Waals surface area (Å²) in [6, 6.07) is 0. The maximum Gasteiger partial charge on any atom is 0.313 e. The zero-order valence-corrected chi connectivity index (χ0v) is 13.2. The molecule has 0 spiro atoms. The Balaban J connectivity index is 2.01. The first-order chi connectivity index (χ1) is 10.3. The van der Waals surface area contributed by atoms with Gasteiger partial charge < -0.3 is 19.8 Å². The van der Waals surface area contributed by atoms with E-state index >= 15 is 0 Å². The van der Waals surface area contributed by atoms with Gasteiger partial charge in [-0.25, -0.2) is 15.0 Å². The van der Waals surface area contributed by atoms with Crippen LogP contribution in [-0.2, 0) is 20.8 Å². The van der Waals surface area contributed by atoms with Gasteiger partial charge in [0.1, 0.15) is 11.8 Å². The predicted octanol–water partition coefficient (Wildman–Crippen LogP) is 1.01. The molecule has 0 fully saturated rings. The lowest BCUT2D eigenvalue weighted by molar-refractivity contribution is -0.155. The van der Waals surface area contributed by atoms with Crippen molar-refractivity contribution in [2.75, 3.05) is 19.5 Å². The summed E-state index contributed by atoms with van der Waals surface area (Å²) in [5.74, 6) is 0.0532. The molecule has 0 radical (unpaired) electrons. The Bertz CT molecular complexity index is 668. The van der Waals surface area contributed by atoms with Gasteiger partial charge in [-0.15, -0.1) is 0 Å². The third-order valence-electron chi connectivity index (χ3n) is 3.35. The van der Waals surface area contributed by atoms with Crippen LogP contribution in [0.15, 0.2) is 12.7 Å². The van der Waals surface area contributed by atoms with Gasteiger partial charge >= 0.3 is 5.97 Å². The summed E-state index contributed by atoms with van der Waals surface area (Å²) in [4.78, 5) is 23.9. The quantitative estimate of drug-likeness (QED) is 0.794. The second kappa shape index (κ2) is 6.27. The van der Waals surface area contributed by atoms with Crippen molar-refractivity contribution in [1.29, 1.82) is 0 Å². The molecule has 2 aromatic heterocycles. The van der Waals surface area contributed by atoms with Crippen LogP contribution in [0.2, 0.25) is 0 Å². The summed E-state index contributed by atoms with van der Waals surface area (Å²) in [5.41, 5.74) is 6.30. The van der Waals surface area contributed by atoms with E-state index in [0.717, 1.165) is 0 Å². The van der Waals surface area contributed by atoms with Gasteiger partial charge in [-0.1, -0.05) is 0 Å². The van der Waals surface area contributed by atoms with Crippen LogP contribution in [0, 0.1) is 5.41 Å². The van der Waals surface area contributed by atoms with Crippen LogP contribution in [-0.4, -0.2) is 45.3 Å². The lowest BCUT2D eigenvalue weighted by atomic mass is 9.95. The fraction of sp³-hybridized carbons (Fsp3) is 0.571. The Labute approximate surface area is 128 Å². The summed E-state index contributed by atoms with van der Waals surface area (Å²) in [6.07, 6.45) is 2.93. The standard InChI is InChI=1S/C14H21N5O3/c1-9(22-6-14(2,3)13(20)21-4)5-19-8-18-10-11(15)16-7-17-12(10)19/h7-9H,5-6H2,1-4H3,(H2,15,16,17)/t9-/m1/s1. The molecule has 2 aromatic rings. The second-order valence-corrected chi connectivity index (χ2v) is 5.83. The van der Waals surface area contributed by atoms with Crippen LogP contribution in [0.1, 0.15) is 20.8 Å². The first kappa shape index (κ1) is 16.2. The van der Waals surface area contributed by atoms with E-state index in [2.05, 4.69) is 15.0 Å². The summed E-state index contributed by atoms with van der Waals surface area (Å²) < 4.78 is 12.4. The highest BCUT2D eigenvalue weighted by molar-refractivity contribution is 5.81. The molecule has 2 N–H and O–H groups in total. The molecule has 0 unspecified atom stereocenters. The second-order valence-electron chi connectivity index (χ2n) is 5.83. The Kier molecular flexibility index (Phi) is 4.60. The van der Waals surface area contributed by atoms with E-state index < -0.39 is 5.41 Å². The maximum atomic E-state index is 11.6. The third-order valence-corrected chi connectivity index (χ3v) is 3.35. The van der Waals surface area contributed by atoms with E-state index in [1.165, 1.54) is 13.4 Å². The van der Waals surface area contributed by atoms with Crippen molar-refractivity contribution in [2.24, 2.45) is 5.41 Å². The number of hydrogen-bond donors (Lipinski definition) is 1. The molecule has 0 aliphatic carbocycles. The fourth-order valence-corrected chi connectivity index (χ4v) is 2.05. The number of rotatable bonds is 6. The average molecular weight is 307 g/mol. The number of methoxy groups -OCH3 is 1. The number of nitrogen functional groups attached to an aromatic ring is 1. The first-order valence-corrected chi connectivity index (χ1v) is 6.96. The Morgan fingerprint density at radius 1 is 1.41 bits per heavy atom. The third kappa shape index (κ3) is 3.33. The summed E-state index contributed by atoms with van der Waals surface area (Å²) in [5, 5.41) is 0. The topological polar surface area (TPSA) is 105 Å². The molecule has 0 saturated heterocycles.